The summed E-state index contributed by atoms with van der Waals surface area (Å²) in [6, 6.07) is 9.22. The molecule has 39 heavy (non-hydrogen) atoms. The number of aromatic nitrogens is 3. The van der Waals surface area contributed by atoms with Gasteiger partial charge in [-0.25, -0.2) is 0 Å². The molecule has 206 valence electrons. The van der Waals surface area contributed by atoms with Crippen molar-refractivity contribution in [1.82, 2.24) is 15.2 Å². The number of pyridine rings is 1. The van der Waals surface area contributed by atoms with Gasteiger partial charge >= 0.3 is 6.18 Å². The van der Waals surface area contributed by atoms with Crippen molar-refractivity contribution in [2.45, 2.75) is 50.8 Å². The Morgan fingerprint density at radius 1 is 0.974 bits per heavy atom. The fourth-order valence-corrected chi connectivity index (χ4v) is 4.78. The Hall–Kier alpha value is -3.57. The summed E-state index contributed by atoms with van der Waals surface area (Å²) in [6.07, 6.45) is -0.390. The average molecular weight is 543 g/mol. The van der Waals surface area contributed by atoms with E-state index in [9.17, 15) is 18.0 Å². The molecule has 0 aliphatic carbocycles. The number of carbonyl (C=O) groups excluding carboxylic acids is 1. The molecule has 1 N–H and O–H groups in total. The maximum Gasteiger partial charge on any atom is 0.433 e. The average Bonchev–Trinajstić information content (AvgIpc) is 2.95. The third kappa shape index (κ3) is 6.54. The monoisotopic (exact) mass is 542 g/mol. The molecule has 5 rings (SSSR count). The second kappa shape index (κ2) is 11.7. The van der Waals surface area contributed by atoms with Crippen LogP contribution in [0.1, 0.15) is 58.8 Å². The molecule has 2 fully saturated rings. The van der Waals surface area contributed by atoms with Gasteiger partial charge in [-0.3, -0.25) is 9.78 Å². The third-order valence-corrected chi connectivity index (χ3v) is 6.98. The van der Waals surface area contributed by atoms with Crippen LogP contribution in [0, 0.1) is 6.92 Å². The second-order valence-electron chi connectivity index (χ2n) is 9.72. The van der Waals surface area contributed by atoms with Gasteiger partial charge in [0.25, 0.3) is 5.91 Å². The lowest BCUT2D eigenvalue weighted by Gasteiger charge is -2.27. The van der Waals surface area contributed by atoms with E-state index in [1.54, 1.807) is 12.1 Å². The van der Waals surface area contributed by atoms with Crippen LogP contribution in [0.15, 0.2) is 42.6 Å². The zero-order chi connectivity index (χ0) is 27.4. The smallest absolute Gasteiger partial charge is 0.433 e. The van der Waals surface area contributed by atoms with Gasteiger partial charge in [-0.15, -0.1) is 10.2 Å². The van der Waals surface area contributed by atoms with Crippen LogP contribution in [0.2, 0.25) is 0 Å². The number of anilines is 1. The SMILES string of the molecule is Cc1ccc(NC(=O)c2ccnc(C(F)(F)F)c2)cc1-c1cc(C2CCOCC2)c(OC2CCOCC2)nn1. The summed E-state index contributed by atoms with van der Waals surface area (Å²) in [5, 5.41) is 11.6. The lowest BCUT2D eigenvalue weighted by atomic mass is 9.91. The summed E-state index contributed by atoms with van der Waals surface area (Å²) >= 11 is 0. The maximum absolute atomic E-state index is 13.0. The molecule has 2 aromatic heterocycles. The molecule has 0 spiro atoms. The molecule has 0 saturated carbocycles. The van der Waals surface area contributed by atoms with E-state index in [4.69, 9.17) is 14.2 Å². The van der Waals surface area contributed by atoms with Crippen molar-refractivity contribution in [3.63, 3.8) is 0 Å². The molecular weight excluding hydrogens is 513 g/mol. The summed E-state index contributed by atoms with van der Waals surface area (Å²) in [5.74, 6) is 0.0604. The molecule has 2 saturated heterocycles. The highest BCUT2D eigenvalue weighted by Crippen LogP contribution is 2.36. The minimum Gasteiger partial charge on any atom is -0.473 e. The first-order chi connectivity index (χ1) is 18.8. The highest BCUT2D eigenvalue weighted by atomic mass is 19.4. The first-order valence-electron chi connectivity index (χ1n) is 12.9. The van der Waals surface area contributed by atoms with Crippen LogP contribution in [0.25, 0.3) is 11.3 Å². The fraction of sp³-hybridized carbons (Fsp3) is 0.429. The molecule has 0 bridgehead atoms. The Kier molecular flexibility index (Phi) is 8.08. The number of aryl methyl sites for hydroxylation is 1. The number of carbonyl (C=O) groups is 1. The fourth-order valence-electron chi connectivity index (χ4n) is 4.78. The summed E-state index contributed by atoms with van der Waals surface area (Å²) in [6.45, 7) is 4.53. The van der Waals surface area contributed by atoms with Crippen molar-refractivity contribution in [2.24, 2.45) is 0 Å². The molecule has 2 aliphatic rings. The van der Waals surface area contributed by atoms with E-state index in [-0.39, 0.29) is 17.6 Å². The number of amides is 1. The molecule has 1 amide bonds. The lowest BCUT2D eigenvalue weighted by molar-refractivity contribution is -0.141. The number of ether oxygens (including phenoxy) is 3. The van der Waals surface area contributed by atoms with E-state index in [2.05, 4.69) is 20.5 Å². The lowest BCUT2D eigenvalue weighted by Crippen LogP contribution is -2.27. The van der Waals surface area contributed by atoms with Crippen LogP contribution < -0.4 is 10.1 Å². The van der Waals surface area contributed by atoms with Gasteiger partial charge in [0.15, 0.2) is 0 Å². The van der Waals surface area contributed by atoms with Crippen molar-refractivity contribution < 1.29 is 32.2 Å². The summed E-state index contributed by atoms with van der Waals surface area (Å²) < 4.78 is 56.4. The van der Waals surface area contributed by atoms with E-state index in [1.165, 1.54) is 6.07 Å². The highest BCUT2D eigenvalue weighted by molar-refractivity contribution is 6.04. The predicted molar refractivity (Wildman–Crippen MR) is 137 cm³/mol. The van der Waals surface area contributed by atoms with Gasteiger partial charge in [0.05, 0.1) is 18.9 Å². The second-order valence-corrected chi connectivity index (χ2v) is 9.72. The topological polar surface area (TPSA) is 95.5 Å². The molecule has 4 heterocycles. The minimum absolute atomic E-state index is 0.0174. The first kappa shape index (κ1) is 27.0. The number of hydrogen-bond donors (Lipinski definition) is 1. The van der Waals surface area contributed by atoms with E-state index in [0.29, 0.717) is 43.7 Å². The number of rotatable bonds is 6. The standard InChI is InChI=1S/C28H29F3N4O4/c1-17-2-3-20(33-26(36)19-4-9-32-25(14-19)28(29,30)31)15-22(17)24-16-23(18-5-10-37-11-6-18)27(35-34-24)39-21-7-12-38-13-8-21/h2-4,9,14-16,18,21H,5-8,10-13H2,1H3,(H,33,36). The van der Waals surface area contributed by atoms with Crippen LogP contribution in [-0.2, 0) is 15.7 Å². The maximum atomic E-state index is 13.0. The predicted octanol–water partition coefficient (Wildman–Crippen LogP) is 5.57. The van der Waals surface area contributed by atoms with Crippen molar-refractivity contribution in [2.75, 3.05) is 31.7 Å². The largest absolute Gasteiger partial charge is 0.473 e. The minimum atomic E-state index is -4.64. The molecule has 8 nitrogen and oxygen atoms in total. The Labute approximate surface area is 223 Å². The highest BCUT2D eigenvalue weighted by Gasteiger charge is 2.33. The van der Waals surface area contributed by atoms with Crippen LogP contribution in [-0.4, -0.2) is 53.6 Å². The zero-order valence-corrected chi connectivity index (χ0v) is 21.5. The molecule has 0 unspecified atom stereocenters. The quantitative estimate of drug-likeness (QED) is 0.435. The van der Waals surface area contributed by atoms with Gasteiger partial charge in [-0.1, -0.05) is 6.07 Å². The van der Waals surface area contributed by atoms with Crippen molar-refractivity contribution in [3.8, 4) is 17.1 Å². The van der Waals surface area contributed by atoms with Crippen LogP contribution >= 0.6 is 0 Å². The Morgan fingerprint density at radius 3 is 2.41 bits per heavy atom. The number of halogens is 3. The van der Waals surface area contributed by atoms with Gasteiger partial charge in [0, 0.05) is 54.6 Å². The number of hydrogen-bond acceptors (Lipinski definition) is 7. The van der Waals surface area contributed by atoms with Crippen LogP contribution in [0.5, 0.6) is 5.88 Å². The van der Waals surface area contributed by atoms with Gasteiger partial charge in [-0.05, 0) is 61.6 Å². The Morgan fingerprint density at radius 2 is 1.69 bits per heavy atom. The van der Waals surface area contributed by atoms with Gasteiger partial charge in [0.2, 0.25) is 5.88 Å². The van der Waals surface area contributed by atoms with E-state index in [1.807, 2.05) is 19.1 Å². The third-order valence-electron chi connectivity index (χ3n) is 6.98. The summed E-state index contributed by atoms with van der Waals surface area (Å²) in [5.41, 5.74) is 2.39. The molecule has 3 aromatic rings. The molecular formula is C28H29F3N4O4. The van der Waals surface area contributed by atoms with E-state index >= 15 is 0 Å². The summed E-state index contributed by atoms with van der Waals surface area (Å²) in [7, 11) is 0. The van der Waals surface area contributed by atoms with Crippen molar-refractivity contribution in [3.05, 3.63) is 65.0 Å². The molecule has 0 radical (unpaired) electrons. The number of nitrogens with one attached hydrogen (secondary N) is 1. The van der Waals surface area contributed by atoms with E-state index in [0.717, 1.165) is 54.6 Å². The number of benzene rings is 1. The normalized spacial score (nSPS) is 17.1. The van der Waals surface area contributed by atoms with Gasteiger partial charge in [0.1, 0.15) is 11.8 Å². The van der Waals surface area contributed by atoms with Crippen LogP contribution in [0.4, 0.5) is 18.9 Å². The summed E-state index contributed by atoms with van der Waals surface area (Å²) in [4.78, 5) is 16.1. The zero-order valence-electron chi connectivity index (χ0n) is 21.5. The molecule has 2 aliphatic heterocycles. The van der Waals surface area contributed by atoms with Crippen molar-refractivity contribution in [1.29, 1.82) is 0 Å². The van der Waals surface area contributed by atoms with Crippen molar-refractivity contribution >= 4 is 11.6 Å². The van der Waals surface area contributed by atoms with Crippen LogP contribution in [0.3, 0.4) is 0 Å². The Bertz CT molecular complexity index is 1320. The first-order valence-corrected chi connectivity index (χ1v) is 12.9. The van der Waals surface area contributed by atoms with Gasteiger partial charge < -0.3 is 19.5 Å². The number of alkyl halides is 3. The van der Waals surface area contributed by atoms with Gasteiger partial charge in [-0.2, -0.15) is 13.2 Å². The number of nitrogens with zero attached hydrogens (tertiary/aromatic N) is 3. The molecule has 0 atom stereocenters. The Balaban J connectivity index is 1.42. The molecule has 11 heteroatoms. The van der Waals surface area contributed by atoms with E-state index < -0.39 is 17.8 Å². The molecule has 1 aromatic carbocycles.